The van der Waals surface area contributed by atoms with Crippen LogP contribution in [0.2, 0.25) is 0 Å². The Morgan fingerprint density at radius 3 is 2.59 bits per heavy atom. The molecule has 2 aliphatic carbocycles. The first-order valence-electron chi connectivity index (χ1n) is 8.03. The maximum absolute atomic E-state index is 3.52. The minimum absolute atomic E-state index is 0.107. The van der Waals surface area contributed by atoms with E-state index >= 15 is 0 Å². The molecule has 2 aromatic rings. The van der Waals surface area contributed by atoms with Crippen LogP contribution >= 0.6 is 0 Å². The molecule has 0 bridgehead atoms. The van der Waals surface area contributed by atoms with Crippen molar-refractivity contribution in [1.29, 1.82) is 0 Å². The van der Waals surface area contributed by atoms with Gasteiger partial charge in [0.2, 0.25) is 0 Å². The molecule has 0 spiro atoms. The van der Waals surface area contributed by atoms with Crippen LogP contribution in [0.5, 0.6) is 0 Å². The van der Waals surface area contributed by atoms with Gasteiger partial charge in [0.05, 0.1) is 0 Å². The van der Waals surface area contributed by atoms with Gasteiger partial charge in [-0.25, -0.2) is 0 Å². The lowest BCUT2D eigenvalue weighted by Gasteiger charge is -2.24. The van der Waals surface area contributed by atoms with Crippen LogP contribution in [0.25, 0.3) is 5.57 Å². The Morgan fingerprint density at radius 2 is 1.77 bits per heavy atom. The fourth-order valence-electron chi connectivity index (χ4n) is 3.76. The van der Waals surface area contributed by atoms with Crippen LogP contribution in [-0.2, 0) is 5.41 Å². The largest absolute Gasteiger partial charge is 0.356 e. The number of rotatable bonds is 2. The quantitative estimate of drug-likeness (QED) is 0.733. The summed E-state index contributed by atoms with van der Waals surface area (Å²) in [5, 5.41) is 3.52. The standard InChI is InChI=1S/C21H21N/c1-21(2)19-11-7-6-10-17(19)18-13-12-16(14-20(18)21)22-15-8-4-3-5-9-15/h3-5,7-9,11-14,22H,6,10H2,1-2H3. The Labute approximate surface area is 132 Å². The summed E-state index contributed by atoms with van der Waals surface area (Å²) in [7, 11) is 0. The number of para-hydroxylation sites is 1. The van der Waals surface area contributed by atoms with Gasteiger partial charge in [-0.05, 0) is 59.4 Å². The second-order valence-electron chi connectivity index (χ2n) is 6.71. The molecule has 0 fully saturated rings. The van der Waals surface area contributed by atoms with Crippen LogP contribution in [-0.4, -0.2) is 0 Å². The second kappa shape index (κ2) is 4.88. The molecule has 0 saturated carbocycles. The molecule has 1 N–H and O–H groups in total. The molecule has 0 saturated heterocycles. The monoisotopic (exact) mass is 287 g/mol. The SMILES string of the molecule is CC1(C)C2=C(CCC=C2)c2ccc(Nc3ccccc3)cc21. The highest BCUT2D eigenvalue weighted by Crippen LogP contribution is 2.50. The number of nitrogens with one attached hydrogen (secondary N) is 1. The summed E-state index contributed by atoms with van der Waals surface area (Å²) in [6.45, 7) is 4.69. The third-order valence-corrected chi connectivity index (χ3v) is 4.92. The third-order valence-electron chi connectivity index (χ3n) is 4.92. The van der Waals surface area contributed by atoms with Gasteiger partial charge in [-0.2, -0.15) is 0 Å². The first-order chi connectivity index (χ1) is 10.7. The molecule has 4 rings (SSSR count). The number of anilines is 2. The molecule has 0 radical (unpaired) electrons. The fourth-order valence-corrected chi connectivity index (χ4v) is 3.76. The van der Waals surface area contributed by atoms with Crippen molar-refractivity contribution >= 4 is 16.9 Å². The lowest BCUT2D eigenvalue weighted by atomic mass is 9.80. The van der Waals surface area contributed by atoms with E-state index in [1.165, 1.54) is 35.2 Å². The maximum Gasteiger partial charge on any atom is 0.0387 e. The summed E-state index contributed by atoms with van der Waals surface area (Å²) in [6.07, 6.45) is 6.99. The van der Waals surface area contributed by atoms with Gasteiger partial charge in [0.25, 0.3) is 0 Å². The van der Waals surface area contributed by atoms with Gasteiger partial charge in [-0.3, -0.25) is 0 Å². The topological polar surface area (TPSA) is 12.0 Å². The summed E-state index contributed by atoms with van der Waals surface area (Å²) < 4.78 is 0. The van der Waals surface area contributed by atoms with Crippen molar-refractivity contribution in [2.75, 3.05) is 5.32 Å². The van der Waals surface area contributed by atoms with E-state index < -0.39 is 0 Å². The van der Waals surface area contributed by atoms with Gasteiger partial charge in [-0.1, -0.05) is 50.3 Å². The zero-order valence-corrected chi connectivity index (χ0v) is 13.2. The lowest BCUT2D eigenvalue weighted by molar-refractivity contribution is 0.651. The molecule has 0 atom stereocenters. The zero-order valence-electron chi connectivity index (χ0n) is 13.2. The maximum atomic E-state index is 3.52. The molecule has 1 heteroatoms. The number of benzene rings is 2. The minimum Gasteiger partial charge on any atom is -0.356 e. The molecular weight excluding hydrogens is 266 g/mol. The minimum atomic E-state index is 0.107. The Bertz CT molecular complexity index is 779. The van der Waals surface area contributed by atoms with E-state index in [0.29, 0.717) is 0 Å². The van der Waals surface area contributed by atoms with Crippen LogP contribution in [0.3, 0.4) is 0 Å². The van der Waals surface area contributed by atoms with Gasteiger partial charge in [0.15, 0.2) is 0 Å². The fraction of sp³-hybridized carbons (Fsp3) is 0.238. The molecule has 110 valence electrons. The van der Waals surface area contributed by atoms with Crippen LogP contribution < -0.4 is 5.32 Å². The Morgan fingerprint density at radius 1 is 0.955 bits per heavy atom. The van der Waals surface area contributed by atoms with Gasteiger partial charge >= 0.3 is 0 Å². The molecular formula is C21H21N. The normalized spacial score (nSPS) is 18.1. The van der Waals surface area contributed by atoms with Crippen molar-refractivity contribution in [3.05, 3.63) is 77.4 Å². The molecule has 1 nitrogen and oxygen atoms in total. The van der Waals surface area contributed by atoms with E-state index in [-0.39, 0.29) is 5.41 Å². The molecule has 0 aromatic heterocycles. The molecule has 0 heterocycles. The van der Waals surface area contributed by atoms with Crippen molar-refractivity contribution in [2.24, 2.45) is 0 Å². The van der Waals surface area contributed by atoms with Crippen molar-refractivity contribution in [3.63, 3.8) is 0 Å². The first-order valence-corrected chi connectivity index (χ1v) is 8.03. The molecule has 2 aromatic carbocycles. The first kappa shape index (κ1) is 13.4. The summed E-state index contributed by atoms with van der Waals surface area (Å²) in [6, 6.07) is 17.2. The average Bonchev–Trinajstić information content (AvgIpc) is 2.77. The van der Waals surface area contributed by atoms with Crippen molar-refractivity contribution < 1.29 is 0 Å². The predicted octanol–water partition coefficient (Wildman–Crippen LogP) is 5.83. The van der Waals surface area contributed by atoms with E-state index in [1.807, 2.05) is 6.07 Å². The molecule has 2 aliphatic rings. The highest BCUT2D eigenvalue weighted by Gasteiger charge is 2.36. The number of fused-ring (bicyclic) bond motifs is 2. The highest BCUT2D eigenvalue weighted by atomic mass is 14.9. The van der Waals surface area contributed by atoms with E-state index in [0.717, 1.165) is 5.69 Å². The molecule has 0 unspecified atom stereocenters. The van der Waals surface area contributed by atoms with Crippen LogP contribution in [0.15, 0.2) is 66.3 Å². The lowest BCUT2D eigenvalue weighted by Crippen LogP contribution is -2.16. The Hall–Kier alpha value is -2.28. The summed E-state index contributed by atoms with van der Waals surface area (Å²) >= 11 is 0. The summed E-state index contributed by atoms with van der Waals surface area (Å²) in [5.74, 6) is 0. The van der Waals surface area contributed by atoms with Crippen LogP contribution in [0.4, 0.5) is 11.4 Å². The van der Waals surface area contributed by atoms with Gasteiger partial charge in [-0.15, -0.1) is 0 Å². The number of allylic oxidation sites excluding steroid dienone is 4. The average molecular weight is 287 g/mol. The third kappa shape index (κ3) is 2.00. The Kier molecular flexibility index (Phi) is 2.97. The summed E-state index contributed by atoms with van der Waals surface area (Å²) in [4.78, 5) is 0. The molecule has 0 amide bonds. The van der Waals surface area contributed by atoms with E-state index in [4.69, 9.17) is 0 Å². The van der Waals surface area contributed by atoms with Crippen molar-refractivity contribution in [2.45, 2.75) is 32.1 Å². The van der Waals surface area contributed by atoms with Crippen LogP contribution in [0, 0.1) is 0 Å². The van der Waals surface area contributed by atoms with Gasteiger partial charge in [0, 0.05) is 16.8 Å². The second-order valence-corrected chi connectivity index (χ2v) is 6.71. The van der Waals surface area contributed by atoms with E-state index in [1.54, 1.807) is 5.57 Å². The zero-order chi connectivity index (χ0) is 15.2. The van der Waals surface area contributed by atoms with E-state index in [9.17, 15) is 0 Å². The Balaban J connectivity index is 1.74. The smallest absolute Gasteiger partial charge is 0.0387 e. The highest BCUT2D eigenvalue weighted by molar-refractivity contribution is 5.84. The number of hydrogen-bond acceptors (Lipinski definition) is 1. The van der Waals surface area contributed by atoms with Gasteiger partial charge in [0.1, 0.15) is 0 Å². The molecule has 22 heavy (non-hydrogen) atoms. The predicted molar refractivity (Wildman–Crippen MR) is 94.5 cm³/mol. The molecule has 0 aliphatic heterocycles. The van der Waals surface area contributed by atoms with Crippen molar-refractivity contribution in [3.8, 4) is 0 Å². The summed E-state index contributed by atoms with van der Waals surface area (Å²) in [5.41, 5.74) is 8.36. The van der Waals surface area contributed by atoms with Gasteiger partial charge < -0.3 is 5.32 Å². The van der Waals surface area contributed by atoms with Crippen molar-refractivity contribution in [1.82, 2.24) is 0 Å². The van der Waals surface area contributed by atoms with Crippen LogP contribution in [0.1, 0.15) is 37.8 Å². The number of hydrogen-bond donors (Lipinski definition) is 1. The van der Waals surface area contributed by atoms with E-state index in [2.05, 4.69) is 73.8 Å².